The molecule has 1 N–H and O–H groups in total. The number of aromatic nitrogens is 2. The number of thiazole rings is 1. The van der Waals surface area contributed by atoms with Gasteiger partial charge in [0.05, 0.1) is 12.8 Å². The van der Waals surface area contributed by atoms with Crippen molar-refractivity contribution in [1.82, 2.24) is 9.97 Å². The fraction of sp³-hybridized carbons (Fsp3) is 0.176. The Labute approximate surface area is 151 Å². The van der Waals surface area contributed by atoms with Crippen LogP contribution < -0.4 is 5.32 Å². The summed E-state index contributed by atoms with van der Waals surface area (Å²) < 4.78 is 14.6. The van der Waals surface area contributed by atoms with Gasteiger partial charge in [0.2, 0.25) is 5.91 Å². The third kappa shape index (κ3) is 2.84. The second-order valence-corrected chi connectivity index (χ2v) is 7.07. The molecule has 0 unspecified atom stereocenters. The molecule has 0 spiro atoms. The third-order valence-electron chi connectivity index (χ3n) is 3.89. The predicted molar refractivity (Wildman–Crippen MR) is 95.4 cm³/mol. The Morgan fingerprint density at radius 2 is 2.24 bits per heavy atom. The summed E-state index contributed by atoms with van der Waals surface area (Å²) >= 11 is 7.38. The molecule has 0 aliphatic heterocycles. The minimum absolute atomic E-state index is 0.00609. The van der Waals surface area contributed by atoms with E-state index in [2.05, 4.69) is 20.1 Å². The van der Waals surface area contributed by atoms with Gasteiger partial charge in [0.1, 0.15) is 15.2 Å². The Bertz CT molecular complexity index is 1050. The lowest BCUT2D eigenvalue weighted by atomic mass is 10.2. The molecule has 0 radical (unpaired) electrons. The van der Waals surface area contributed by atoms with E-state index < -0.39 is 5.82 Å². The second kappa shape index (κ2) is 6.06. The van der Waals surface area contributed by atoms with Gasteiger partial charge in [-0.3, -0.25) is 4.79 Å². The molecule has 1 amide bonds. The molecule has 8 heteroatoms. The van der Waals surface area contributed by atoms with E-state index in [0.717, 1.165) is 30.4 Å². The molecule has 1 fully saturated rings. The normalized spacial score (nSPS) is 13.6. The van der Waals surface area contributed by atoms with E-state index in [1.807, 2.05) is 0 Å². The van der Waals surface area contributed by atoms with Crippen LogP contribution in [-0.2, 0) is 4.79 Å². The van der Waals surface area contributed by atoms with Crippen LogP contribution in [-0.4, -0.2) is 15.9 Å². The zero-order chi connectivity index (χ0) is 17.6. The highest BCUT2D eigenvalue weighted by molar-refractivity contribution is 7.22. The van der Waals surface area contributed by atoms with Crippen molar-refractivity contribution in [2.75, 3.05) is 5.32 Å². The van der Waals surface area contributed by atoms with Gasteiger partial charge in [0.25, 0.3) is 0 Å². The number of benzene rings is 1. The summed E-state index contributed by atoms with van der Waals surface area (Å²) in [5.41, 5.74) is 0.902. The monoisotopic (exact) mass is 372 g/mol. The van der Waals surface area contributed by atoms with Gasteiger partial charge in [-0.05, 0) is 18.9 Å². The van der Waals surface area contributed by atoms with Crippen LogP contribution in [0.15, 0.2) is 24.4 Å². The van der Waals surface area contributed by atoms with Crippen molar-refractivity contribution in [3.05, 3.63) is 46.7 Å². The first-order valence-corrected chi connectivity index (χ1v) is 8.70. The van der Waals surface area contributed by atoms with Crippen LogP contribution in [0.2, 0.25) is 5.02 Å². The van der Waals surface area contributed by atoms with Crippen molar-refractivity contribution in [3.8, 4) is 10.6 Å². The quantitative estimate of drug-likeness (QED) is 0.654. The van der Waals surface area contributed by atoms with Gasteiger partial charge in [-0.2, -0.15) is 0 Å². The van der Waals surface area contributed by atoms with Gasteiger partial charge >= 0.3 is 0 Å². The number of nitrogens with zero attached hydrogens (tertiary/aromatic N) is 3. The zero-order valence-corrected chi connectivity index (χ0v) is 14.3. The fourth-order valence-electron chi connectivity index (χ4n) is 2.46. The van der Waals surface area contributed by atoms with E-state index in [1.165, 1.54) is 0 Å². The van der Waals surface area contributed by atoms with E-state index in [9.17, 15) is 9.18 Å². The first-order valence-electron chi connectivity index (χ1n) is 7.50. The molecule has 25 heavy (non-hydrogen) atoms. The van der Waals surface area contributed by atoms with Gasteiger partial charge in [-0.25, -0.2) is 19.2 Å². The minimum atomic E-state index is -0.585. The molecule has 2 heterocycles. The lowest BCUT2D eigenvalue weighted by molar-refractivity contribution is -0.117. The lowest BCUT2D eigenvalue weighted by Crippen LogP contribution is -2.14. The summed E-state index contributed by atoms with van der Waals surface area (Å²) in [7, 11) is 0. The number of rotatable bonds is 3. The molecule has 1 aromatic carbocycles. The van der Waals surface area contributed by atoms with Gasteiger partial charge in [-0.15, -0.1) is 11.3 Å². The maximum atomic E-state index is 14.2. The Balaban J connectivity index is 1.87. The van der Waals surface area contributed by atoms with Crippen LogP contribution in [0.3, 0.4) is 0 Å². The number of anilines is 1. The summed E-state index contributed by atoms with van der Waals surface area (Å²) in [6, 6.07) is 4.96. The second-order valence-electron chi connectivity index (χ2n) is 5.66. The number of hydrogen-bond acceptors (Lipinski definition) is 4. The van der Waals surface area contributed by atoms with E-state index in [0.29, 0.717) is 26.0 Å². The lowest BCUT2D eigenvalue weighted by Gasteiger charge is -2.03. The number of pyridine rings is 1. The van der Waals surface area contributed by atoms with Crippen LogP contribution in [0.25, 0.3) is 25.6 Å². The zero-order valence-electron chi connectivity index (χ0n) is 12.7. The summed E-state index contributed by atoms with van der Waals surface area (Å²) in [5, 5.41) is 3.52. The van der Waals surface area contributed by atoms with Crippen LogP contribution in [0.5, 0.6) is 0 Å². The van der Waals surface area contributed by atoms with Crippen LogP contribution in [0.4, 0.5) is 15.9 Å². The van der Waals surface area contributed by atoms with Crippen LogP contribution >= 0.6 is 22.9 Å². The highest BCUT2D eigenvalue weighted by atomic mass is 35.5. The molecule has 1 aliphatic rings. The Hall–Kier alpha value is -2.56. The molecular formula is C17H10ClFN4OS. The molecule has 1 saturated carbocycles. The number of carbonyl (C=O) groups excluding carboxylic acids is 1. The van der Waals surface area contributed by atoms with E-state index in [4.69, 9.17) is 18.2 Å². The Morgan fingerprint density at radius 1 is 1.44 bits per heavy atom. The fourth-order valence-corrected chi connectivity index (χ4v) is 3.86. The van der Waals surface area contributed by atoms with Crippen molar-refractivity contribution >= 4 is 50.6 Å². The van der Waals surface area contributed by atoms with Gasteiger partial charge in [0.15, 0.2) is 17.3 Å². The first kappa shape index (κ1) is 15.9. The molecule has 0 bridgehead atoms. The molecule has 0 saturated heterocycles. The SMILES string of the molecule is [C-]#[N+]c1cccc(Cl)c1-c1nc2c(F)cnc(NC(=O)C3CC3)c2s1. The minimum Gasteiger partial charge on any atom is -0.309 e. The van der Waals surface area contributed by atoms with Crippen molar-refractivity contribution < 1.29 is 9.18 Å². The average molecular weight is 373 g/mol. The van der Waals surface area contributed by atoms with E-state index >= 15 is 0 Å². The average Bonchev–Trinajstić information content (AvgIpc) is 3.36. The predicted octanol–water partition coefficient (Wildman–Crippen LogP) is 5.05. The number of nitrogens with one attached hydrogen (secondary N) is 1. The van der Waals surface area contributed by atoms with Gasteiger partial charge < -0.3 is 5.32 Å². The smallest absolute Gasteiger partial charge is 0.228 e. The molecule has 3 aromatic rings. The van der Waals surface area contributed by atoms with E-state index in [1.54, 1.807) is 18.2 Å². The largest absolute Gasteiger partial charge is 0.309 e. The van der Waals surface area contributed by atoms with Crippen LogP contribution in [0, 0.1) is 18.3 Å². The molecule has 124 valence electrons. The van der Waals surface area contributed by atoms with Crippen molar-refractivity contribution in [1.29, 1.82) is 0 Å². The highest BCUT2D eigenvalue weighted by Crippen LogP contribution is 2.42. The summed E-state index contributed by atoms with van der Waals surface area (Å²) in [4.78, 5) is 23.8. The summed E-state index contributed by atoms with van der Waals surface area (Å²) in [6.07, 6.45) is 2.76. The van der Waals surface area contributed by atoms with Gasteiger partial charge in [0, 0.05) is 16.5 Å². The number of amides is 1. The summed E-state index contributed by atoms with van der Waals surface area (Å²) in [5.74, 6) is -0.409. The maximum Gasteiger partial charge on any atom is 0.228 e. The van der Waals surface area contributed by atoms with Crippen molar-refractivity contribution in [2.45, 2.75) is 12.8 Å². The number of halogens is 2. The van der Waals surface area contributed by atoms with Crippen LogP contribution in [0.1, 0.15) is 12.8 Å². The highest BCUT2D eigenvalue weighted by Gasteiger charge is 2.30. The summed E-state index contributed by atoms with van der Waals surface area (Å²) in [6.45, 7) is 7.30. The molecule has 0 atom stereocenters. The van der Waals surface area contributed by atoms with E-state index in [-0.39, 0.29) is 23.2 Å². The maximum absolute atomic E-state index is 14.2. The molecule has 4 rings (SSSR count). The van der Waals surface area contributed by atoms with Gasteiger partial charge in [-0.1, -0.05) is 23.7 Å². The number of fused-ring (bicyclic) bond motifs is 1. The molecule has 1 aliphatic carbocycles. The number of carbonyl (C=O) groups is 1. The topological polar surface area (TPSA) is 59.2 Å². The molecule has 2 aromatic heterocycles. The molecular weight excluding hydrogens is 363 g/mol. The molecule has 5 nitrogen and oxygen atoms in total. The standard InChI is InChI=1S/C17H10ClFN4OS/c1-20-11-4-2-3-9(18)12(11)17-22-13-10(19)7-21-15(14(13)25-17)23-16(24)8-5-6-8/h2-4,7-8H,5-6H2,(H,21,23,24). The van der Waals surface area contributed by atoms with Crippen molar-refractivity contribution in [2.24, 2.45) is 5.92 Å². The first-order chi connectivity index (χ1) is 12.1. The Kier molecular flexibility index (Phi) is 3.86. The third-order valence-corrected chi connectivity index (χ3v) is 5.29. The number of hydrogen-bond donors (Lipinski definition) is 1. The van der Waals surface area contributed by atoms with Crippen molar-refractivity contribution in [3.63, 3.8) is 0 Å². The Morgan fingerprint density at radius 3 is 2.96 bits per heavy atom.